The summed E-state index contributed by atoms with van der Waals surface area (Å²) in [7, 11) is 2.21. The predicted octanol–water partition coefficient (Wildman–Crippen LogP) is 1.31. The molecular formula is C16H31N3O. The topological polar surface area (TPSA) is 27.7 Å². The van der Waals surface area contributed by atoms with Gasteiger partial charge in [0.05, 0.1) is 12.7 Å². The van der Waals surface area contributed by atoms with Crippen LogP contribution in [0.1, 0.15) is 39.0 Å². The van der Waals surface area contributed by atoms with E-state index in [0.717, 1.165) is 44.4 Å². The summed E-state index contributed by atoms with van der Waals surface area (Å²) in [6.07, 6.45) is 7.14. The minimum Gasteiger partial charge on any atom is -0.374 e. The van der Waals surface area contributed by atoms with Crippen LogP contribution >= 0.6 is 0 Å². The summed E-state index contributed by atoms with van der Waals surface area (Å²) in [5.41, 5.74) is 0. The molecule has 4 nitrogen and oxygen atoms in total. The molecule has 3 fully saturated rings. The molecule has 3 atom stereocenters. The van der Waals surface area contributed by atoms with Gasteiger partial charge >= 0.3 is 0 Å². The highest BCUT2D eigenvalue weighted by molar-refractivity contribution is 4.96. The second-order valence-corrected chi connectivity index (χ2v) is 7.01. The van der Waals surface area contributed by atoms with Gasteiger partial charge in [-0.3, -0.25) is 4.90 Å². The highest BCUT2D eigenvalue weighted by Crippen LogP contribution is 2.30. The molecule has 0 spiro atoms. The quantitative estimate of drug-likeness (QED) is 0.822. The first-order chi connectivity index (χ1) is 9.74. The van der Waals surface area contributed by atoms with E-state index in [1.165, 1.54) is 38.6 Å². The zero-order valence-corrected chi connectivity index (χ0v) is 13.2. The normalized spacial score (nSPS) is 38.5. The molecule has 3 saturated heterocycles. The van der Waals surface area contributed by atoms with E-state index in [9.17, 15) is 0 Å². The van der Waals surface area contributed by atoms with Crippen LogP contribution < -0.4 is 5.32 Å². The summed E-state index contributed by atoms with van der Waals surface area (Å²) in [6, 6.07) is 2.35. The van der Waals surface area contributed by atoms with Crippen LogP contribution in [-0.4, -0.2) is 73.9 Å². The maximum absolute atomic E-state index is 5.99. The minimum atomic E-state index is 0.410. The van der Waals surface area contributed by atoms with Crippen LogP contribution in [0.25, 0.3) is 0 Å². The highest BCUT2D eigenvalue weighted by Gasteiger charge is 2.36. The SMILES string of the molecule is CCCN(CC1CN(C)CCO1)C1CC2CCC(C1)N2. The molecule has 0 saturated carbocycles. The molecule has 3 aliphatic heterocycles. The van der Waals surface area contributed by atoms with Crippen molar-refractivity contribution in [2.24, 2.45) is 0 Å². The lowest BCUT2D eigenvalue weighted by Gasteiger charge is -2.41. The Balaban J connectivity index is 1.57. The molecule has 3 rings (SSSR count). The van der Waals surface area contributed by atoms with Gasteiger partial charge in [-0.15, -0.1) is 0 Å². The van der Waals surface area contributed by atoms with Crippen molar-refractivity contribution in [3.8, 4) is 0 Å². The van der Waals surface area contributed by atoms with E-state index in [1.807, 2.05) is 0 Å². The molecule has 0 aromatic rings. The van der Waals surface area contributed by atoms with E-state index in [4.69, 9.17) is 4.74 Å². The summed E-state index contributed by atoms with van der Waals surface area (Å²) < 4.78 is 5.99. The van der Waals surface area contributed by atoms with Crippen LogP contribution in [0.15, 0.2) is 0 Å². The number of hydrogen-bond donors (Lipinski definition) is 1. The molecule has 1 N–H and O–H groups in total. The number of morpholine rings is 1. The van der Waals surface area contributed by atoms with Gasteiger partial charge in [0.25, 0.3) is 0 Å². The maximum Gasteiger partial charge on any atom is 0.0829 e. The lowest BCUT2D eigenvalue weighted by Crippen LogP contribution is -2.53. The molecule has 2 bridgehead atoms. The largest absolute Gasteiger partial charge is 0.374 e. The summed E-state index contributed by atoms with van der Waals surface area (Å²) in [4.78, 5) is 5.14. The van der Waals surface area contributed by atoms with Crippen molar-refractivity contribution in [2.45, 2.75) is 63.3 Å². The molecule has 0 radical (unpaired) electrons. The van der Waals surface area contributed by atoms with E-state index in [1.54, 1.807) is 0 Å². The first-order valence-electron chi connectivity index (χ1n) is 8.55. The minimum absolute atomic E-state index is 0.410. The van der Waals surface area contributed by atoms with Gasteiger partial charge in [-0.2, -0.15) is 0 Å². The molecule has 3 unspecified atom stereocenters. The highest BCUT2D eigenvalue weighted by atomic mass is 16.5. The van der Waals surface area contributed by atoms with Gasteiger partial charge < -0.3 is 15.0 Å². The van der Waals surface area contributed by atoms with Crippen LogP contribution in [0.2, 0.25) is 0 Å². The van der Waals surface area contributed by atoms with Crippen molar-refractivity contribution in [3.63, 3.8) is 0 Å². The smallest absolute Gasteiger partial charge is 0.0829 e. The van der Waals surface area contributed by atoms with Crippen LogP contribution in [0.4, 0.5) is 0 Å². The molecule has 3 heterocycles. The molecule has 3 aliphatic rings. The third-order valence-electron chi connectivity index (χ3n) is 5.26. The average Bonchev–Trinajstić information content (AvgIpc) is 2.77. The number of nitrogens with one attached hydrogen (secondary N) is 1. The third kappa shape index (κ3) is 3.53. The van der Waals surface area contributed by atoms with Crippen molar-refractivity contribution >= 4 is 0 Å². The third-order valence-corrected chi connectivity index (χ3v) is 5.26. The Bertz CT molecular complexity index is 300. The first kappa shape index (κ1) is 14.8. The lowest BCUT2D eigenvalue weighted by molar-refractivity contribution is -0.0444. The molecule has 116 valence electrons. The number of likely N-dealkylation sites (N-methyl/N-ethyl adjacent to an activating group) is 1. The van der Waals surface area contributed by atoms with Gasteiger partial charge in [0.15, 0.2) is 0 Å². The van der Waals surface area contributed by atoms with Gasteiger partial charge in [-0.1, -0.05) is 6.92 Å². The Hall–Kier alpha value is -0.160. The van der Waals surface area contributed by atoms with Crippen molar-refractivity contribution in [1.82, 2.24) is 15.1 Å². The maximum atomic E-state index is 5.99. The van der Waals surface area contributed by atoms with Crippen LogP contribution in [0.3, 0.4) is 0 Å². The Morgan fingerprint density at radius 3 is 2.65 bits per heavy atom. The zero-order chi connectivity index (χ0) is 13.9. The first-order valence-corrected chi connectivity index (χ1v) is 8.55. The summed E-state index contributed by atoms with van der Waals surface area (Å²) >= 11 is 0. The summed E-state index contributed by atoms with van der Waals surface area (Å²) in [6.45, 7) is 7.74. The number of rotatable bonds is 5. The number of hydrogen-bond acceptors (Lipinski definition) is 4. The standard InChI is InChI=1S/C16H31N3O/c1-3-6-19(12-16-11-18(2)7-8-20-16)15-9-13-4-5-14(10-15)17-13/h13-17H,3-12H2,1-2H3. The average molecular weight is 281 g/mol. The molecule has 0 aromatic carbocycles. The number of ether oxygens (including phenoxy) is 1. The monoisotopic (exact) mass is 281 g/mol. The fourth-order valence-corrected chi connectivity index (χ4v) is 4.27. The van der Waals surface area contributed by atoms with Gasteiger partial charge in [-0.05, 0) is 45.7 Å². The summed E-state index contributed by atoms with van der Waals surface area (Å²) in [5, 5.41) is 3.76. The van der Waals surface area contributed by atoms with Crippen LogP contribution in [-0.2, 0) is 4.74 Å². The lowest BCUT2D eigenvalue weighted by atomic mass is 9.97. The fraction of sp³-hybridized carbons (Fsp3) is 1.00. The van der Waals surface area contributed by atoms with Gasteiger partial charge in [0.1, 0.15) is 0 Å². The summed E-state index contributed by atoms with van der Waals surface area (Å²) in [5.74, 6) is 0. The molecule has 0 aliphatic carbocycles. The molecule has 0 aromatic heterocycles. The second-order valence-electron chi connectivity index (χ2n) is 7.01. The Morgan fingerprint density at radius 2 is 2.00 bits per heavy atom. The van der Waals surface area contributed by atoms with E-state index in [0.29, 0.717) is 6.10 Å². The van der Waals surface area contributed by atoms with Crippen molar-refractivity contribution in [1.29, 1.82) is 0 Å². The van der Waals surface area contributed by atoms with E-state index in [-0.39, 0.29) is 0 Å². The van der Waals surface area contributed by atoms with Crippen LogP contribution in [0.5, 0.6) is 0 Å². The predicted molar refractivity (Wildman–Crippen MR) is 82.1 cm³/mol. The van der Waals surface area contributed by atoms with Gasteiger partial charge in [0.2, 0.25) is 0 Å². The number of nitrogens with zero attached hydrogens (tertiary/aromatic N) is 2. The van der Waals surface area contributed by atoms with Crippen molar-refractivity contribution in [3.05, 3.63) is 0 Å². The Morgan fingerprint density at radius 1 is 1.25 bits per heavy atom. The number of piperidine rings is 1. The fourth-order valence-electron chi connectivity index (χ4n) is 4.27. The molecular weight excluding hydrogens is 250 g/mol. The zero-order valence-electron chi connectivity index (χ0n) is 13.2. The van der Waals surface area contributed by atoms with E-state index in [2.05, 4.69) is 29.1 Å². The van der Waals surface area contributed by atoms with E-state index >= 15 is 0 Å². The molecule has 0 amide bonds. The van der Waals surface area contributed by atoms with Crippen LogP contribution in [0, 0.1) is 0 Å². The van der Waals surface area contributed by atoms with E-state index < -0.39 is 0 Å². The molecule has 4 heteroatoms. The van der Waals surface area contributed by atoms with Gasteiger partial charge in [-0.25, -0.2) is 0 Å². The Kier molecular flexibility index (Phi) is 4.97. The second kappa shape index (κ2) is 6.73. The molecule has 20 heavy (non-hydrogen) atoms. The Labute approximate surface area is 123 Å². The van der Waals surface area contributed by atoms with Gasteiger partial charge in [0, 0.05) is 37.8 Å². The van der Waals surface area contributed by atoms with Crippen molar-refractivity contribution in [2.75, 3.05) is 39.8 Å². The van der Waals surface area contributed by atoms with Crippen molar-refractivity contribution < 1.29 is 4.74 Å². The number of fused-ring (bicyclic) bond motifs is 2.